The lowest BCUT2D eigenvalue weighted by atomic mass is 9.97. The first kappa shape index (κ1) is 28.1. The predicted octanol–water partition coefficient (Wildman–Crippen LogP) is 7.66. The van der Waals surface area contributed by atoms with E-state index in [0.717, 1.165) is 51.4 Å². The van der Waals surface area contributed by atoms with Crippen molar-refractivity contribution in [3.63, 3.8) is 0 Å². The zero-order valence-corrected chi connectivity index (χ0v) is 19.8. The average molecular weight is 417 g/mol. The molecule has 0 atom stereocenters. The van der Waals surface area contributed by atoms with Gasteiger partial charge in [0.05, 0.1) is 7.11 Å². The highest BCUT2D eigenvalue weighted by atomic mass is 16.6. The van der Waals surface area contributed by atoms with Crippen LogP contribution in [0.4, 0.5) is 0 Å². The number of methoxy groups -OCH3 is 1. The minimum Gasteiger partial charge on any atom is -0.467 e. The lowest BCUT2D eigenvalue weighted by molar-refractivity contribution is -0.171. The molecule has 0 spiro atoms. The van der Waals surface area contributed by atoms with E-state index in [9.17, 15) is 4.79 Å². The maximum atomic E-state index is 11.9. The van der Waals surface area contributed by atoms with E-state index in [1.165, 1.54) is 7.11 Å². The fourth-order valence-electron chi connectivity index (χ4n) is 2.99. The fourth-order valence-corrected chi connectivity index (χ4v) is 2.99. The van der Waals surface area contributed by atoms with Crippen molar-refractivity contribution < 1.29 is 14.3 Å². The van der Waals surface area contributed by atoms with Gasteiger partial charge in [-0.05, 0) is 64.2 Å². The standard InChI is InChI=1S/C27H44O3/c1-5-8-9-10-11-12-13-14-15-16-17-18-19-20-21-22-23-24-25-30-27(6-2,7-3)26(28)29-4/h8-9,11-12,14-15,17-18,20-21H,5-7,10,13,16,19,22-25H2,1-4H3/b9-8-,12-11-,15-14-,18-17-,21-20-. The van der Waals surface area contributed by atoms with Crippen LogP contribution in [0.1, 0.15) is 85.0 Å². The maximum Gasteiger partial charge on any atom is 0.338 e. The number of unbranched alkanes of at least 4 members (excludes halogenated alkanes) is 2. The molecule has 0 heterocycles. The van der Waals surface area contributed by atoms with Gasteiger partial charge in [-0.2, -0.15) is 0 Å². The molecule has 0 N–H and O–H groups in total. The number of hydrogen-bond acceptors (Lipinski definition) is 3. The molecule has 3 nitrogen and oxygen atoms in total. The van der Waals surface area contributed by atoms with E-state index in [2.05, 4.69) is 67.7 Å². The summed E-state index contributed by atoms with van der Waals surface area (Å²) in [6, 6.07) is 0. The van der Waals surface area contributed by atoms with Gasteiger partial charge >= 0.3 is 5.97 Å². The number of carbonyl (C=O) groups excluding carboxylic acids is 1. The van der Waals surface area contributed by atoms with Gasteiger partial charge in [-0.1, -0.05) is 81.5 Å². The molecule has 0 amide bonds. The van der Waals surface area contributed by atoms with Crippen molar-refractivity contribution in [2.24, 2.45) is 0 Å². The zero-order valence-electron chi connectivity index (χ0n) is 19.8. The summed E-state index contributed by atoms with van der Waals surface area (Å²) >= 11 is 0. The Balaban J connectivity index is 3.74. The van der Waals surface area contributed by atoms with Crippen LogP contribution in [0.5, 0.6) is 0 Å². The third kappa shape index (κ3) is 14.2. The quantitative estimate of drug-likeness (QED) is 0.131. The smallest absolute Gasteiger partial charge is 0.338 e. The van der Waals surface area contributed by atoms with E-state index in [1.807, 2.05) is 13.8 Å². The Labute approximate surface area is 185 Å². The lowest BCUT2D eigenvalue weighted by Crippen LogP contribution is -2.41. The van der Waals surface area contributed by atoms with Crippen LogP contribution in [0.3, 0.4) is 0 Å². The largest absolute Gasteiger partial charge is 0.467 e. The van der Waals surface area contributed by atoms with Gasteiger partial charge in [0.25, 0.3) is 0 Å². The van der Waals surface area contributed by atoms with Crippen molar-refractivity contribution in [3.05, 3.63) is 60.8 Å². The number of rotatable bonds is 18. The lowest BCUT2D eigenvalue weighted by Gasteiger charge is -2.28. The molecule has 0 saturated carbocycles. The third-order valence-electron chi connectivity index (χ3n) is 5.00. The second-order valence-electron chi connectivity index (χ2n) is 7.25. The monoisotopic (exact) mass is 416 g/mol. The molecule has 0 aromatic carbocycles. The van der Waals surface area contributed by atoms with E-state index < -0.39 is 5.60 Å². The summed E-state index contributed by atoms with van der Waals surface area (Å²) in [4.78, 5) is 11.9. The molecule has 0 aliphatic carbocycles. The van der Waals surface area contributed by atoms with E-state index in [4.69, 9.17) is 9.47 Å². The Morgan fingerprint density at radius 1 is 0.700 bits per heavy atom. The van der Waals surface area contributed by atoms with E-state index in [-0.39, 0.29) is 5.97 Å². The van der Waals surface area contributed by atoms with Crippen molar-refractivity contribution in [3.8, 4) is 0 Å². The second kappa shape index (κ2) is 20.4. The summed E-state index contributed by atoms with van der Waals surface area (Å²) in [5.41, 5.74) is -0.772. The molecular formula is C27H44O3. The summed E-state index contributed by atoms with van der Waals surface area (Å²) < 4.78 is 10.8. The topological polar surface area (TPSA) is 35.5 Å². The Morgan fingerprint density at radius 2 is 1.17 bits per heavy atom. The minimum atomic E-state index is -0.772. The molecule has 0 aliphatic heterocycles. The van der Waals surface area contributed by atoms with E-state index >= 15 is 0 Å². The van der Waals surface area contributed by atoms with Crippen LogP contribution in [-0.4, -0.2) is 25.3 Å². The fraction of sp³-hybridized carbons (Fsp3) is 0.593. The van der Waals surface area contributed by atoms with Crippen molar-refractivity contribution in [1.82, 2.24) is 0 Å². The Hall–Kier alpha value is -1.87. The van der Waals surface area contributed by atoms with Crippen molar-refractivity contribution in [2.45, 2.75) is 90.6 Å². The molecule has 0 bridgehead atoms. The van der Waals surface area contributed by atoms with E-state index in [0.29, 0.717) is 19.4 Å². The van der Waals surface area contributed by atoms with Gasteiger partial charge in [-0.3, -0.25) is 0 Å². The molecule has 0 unspecified atom stereocenters. The summed E-state index contributed by atoms with van der Waals surface area (Å²) in [6.07, 6.45) is 31.6. The van der Waals surface area contributed by atoms with Gasteiger partial charge in [0, 0.05) is 6.61 Å². The minimum absolute atomic E-state index is 0.259. The first-order chi connectivity index (χ1) is 14.7. The van der Waals surface area contributed by atoms with Gasteiger partial charge in [0.2, 0.25) is 0 Å². The molecule has 170 valence electrons. The highest BCUT2D eigenvalue weighted by molar-refractivity contribution is 5.79. The molecule has 3 heteroatoms. The highest BCUT2D eigenvalue weighted by Gasteiger charge is 2.36. The maximum absolute atomic E-state index is 11.9. The van der Waals surface area contributed by atoms with Crippen LogP contribution < -0.4 is 0 Å². The Kier molecular flexibility index (Phi) is 19.1. The number of ether oxygens (including phenoxy) is 2. The van der Waals surface area contributed by atoms with Gasteiger partial charge in [-0.25, -0.2) is 4.79 Å². The van der Waals surface area contributed by atoms with Crippen molar-refractivity contribution in [1.29, 1.82) is 0 Å². The zero-order chi connectivity index (χ0) is 22.3. The third-order valence-corrected chi connectivity index (χ3v) is 5.00. The first-order valence-electron chi connectivity index (χ1n) is 11.6. The molecule has 0 rings (SSSR count). The molecule has 0 saturated heterocycles. The molecule has 0 fully saturated rings. The average Bonchev–Trinajstić information content (AvgIpc) is 2.77. The van der Waals surface area contributed by atoms with Crippen LogP contribution in [0, 0.1) is 0 Å². The van der Waals surface area contributed by atoms with Gasteiger partial charge in [-0.15, -0.1) is 0 Å². The number of esters is 1. The van der Waals surface area contributed by atoms with Crippen LogP contribution >= 0.6 is 0 Å². The number of allylic oxidation sites excluding steroid dienone is 10. The Morgan fingerprint density at radius 3 is 1.60 bits per heavy atom. The predicted molar refractivity (Wildman–Crippen MR) is 130 cm³/mol. The van der Waals surface area contributed by atoms with E-state index in [1.54, 1.807) is 0 Å². The second-order valence-corrected chi connectivity index (χ2v) is 7.25. The molecule has 0 aromatic rings. The van der Waals surface area contributed by atoms with Gasteiger partial charge in [0.15, 0.2) is 5.60 Å². The highest BCUT2D eigenvalue weighted by Crippen LogP contribution is 2.22. The Bertz CT molecular complexity index is 548. The van der Waals surface area contributed by atoms with Gasteiger partial charge in [0.1, 0.15) is 0 Å². The van der Waals surface area contributed by atoms with Crippen molar-refractivity contribution in [2.75, 3.05) is 13.7 Å². The molecule has 30 heavy (non-hydrogen) atoms. The van der Waals surface area contributed by atoms with Crippen LogP contribution in [0.2, 0.25) is 0 Å². The van der Waals surface area contributed by atoms with Crippen LogP contribution in [0.15, 0.2) is 60.8 Å². The summed E-state index contributed by atoms with van der Waals surface area (Å²) in [5, 5.41) is 0. The molecule has 0 radical (unpaired) electrons. The van der Waals surface area contributed by atoms with Crippen molar-refractivity contribution >= 4 is 5.97 Å². The molecule has 0 aromatic heterocycles. The summed E-state index contributed by atoms with van der Waals surface area (Å²) in [6.45, 7) is 6.69. The molecular weight excluding hydrogens is 372 g/mol. The van der Waals surface area contributed by atoms with Crippen LogP contribution in [0.25, 0.3) is 0 Å². The normalized spacial score (nSPS) is 13.1. The SMILES string of the molecule is CC/C=C\C/C=C\C/C=C\C/C=C\C/C=C\CCCCOC(CC)(CC)C(=O)OC. The van der Waals surface area contributed by atoms with Crippen LogP contribution in [-0.2, 0) is 14.3 Å². The number of hydrogen-bond donors (Lipinski definition) is 0. The summed E-state index contributed by atoms with van der Waals surface area (Å²) in [7, 11) is 1.42. The molecule has 0 aliphatic rings. The summed E-state index contributed by atoms with van der Waals surface area (Å²) in [5.74, 6) is -0.259. The number of carbonyl (C=O) groups is 1. The van der Waals surface area contributed by atoms with Gasteiger partial charge < -0.3 is 9.47 Å². The first-order valence-corrected chi connectivity index (χ1v) is 11.6.